The quantitative estimate of drug-likeness (QED) is 0.461. The minimum atomic E-state index is -0.730. The molecule has 184 valence electrons. The lowest BCUT2D eigenvalue weighted by Crippen LogP contribution is -2.46. The second-order valence-electron chi connectivity index (χ2n) is 9.74. The zero-order valence-electron chi connectivity index (χ0n) is 20.1. The molecule has 1 aromatic carbocycles. The fourth-order valence-corrected chi connectivity index (χ4v) is 4.03. The third-order valence-electron chi connectivity index (χ3n) is 6.47. The summed E-state index contributed by atoms with van der Waals surface area (Å²) >= 11 is 6.44. The number of pyridine rings is 1. The third-order valence-corrected chi connectivity index (χ3v) is 6.80. The number of amides is 1. The van der Waals surface area contributed by atoms with Crippen molar-refractivity contribution in [2.24, 2.45) is 16.6 Å². The molecule has 0 saturated carbocycles. The predicted molar refractivity (Wildman–Crippen MR) is 134 cm³/mol. The van der Waals surface area contributed by atoms with E-state index in [4.69, 9.17) is 26.8 Å². The van der Waals surface area contributed by atoms with Gasteiger partial charge >= 0.3 is 0 Å². The van der Waals surface area contributed by atoms with Crippen LogP contribution in [0.3, 0.4) is 0 Å². The molecule has 1 saturated heterocycles. The average molecular weight is 497 g/mol. The number of hydrogen-bond acceptors (Lipinski definition) is 6. The van der Waals surface area contributed by atoms with Crippen LogP contribution in [0.1, 0.15) is 32.8 Å². The fourth-order valence-electron chi connectivity index (χ4n) is 3.82. The van der Waals surface area contributed by atoms with Crippen molar-refractivity contribution >= 4 is 17.5 Å². The van der Waals surface area contributed by atoms with Crippen molar-refractivity contribution in [3.05, 3.63) is 63.5 Å². The molecule has 2 aromatic heterocycles. The summed E-state index contributed by atoms with van der Waals surface area (Å²) in [6, 6.07) is 10.4. The molecule has 1 aliphatic rings. The van der Waals surface area contributed by atoms with Gasteiger partial charge in [-0.05, 0) is 36.6 Å². The van der Waals surface area contributed by atoms with Gasteiger partial charge in [0.25, 0.3) is 5.56 Å². The first-order valence-electron chi connectivity index (χ1n) is 11.5. The normalized spacial score (nSPS) is 14.9. The molecule has 1 amide bonds. The van der Waals surface area contributed by atoms with Crippen molar-refractivity contribution in [2.75, 3.05) is 19.8 Å². The number of primary amides is 1. The van der Waals surface area contributed by atoms with Gasteiger partial charge in [0.05, 0.1) is 36.0 Å². The fraction of sp³-hybridized carbons (Fsp3) is 0.385. The number of rotatable bonds is 9. The van der Waals surface area contributed by atoms with E-state index in [1.165, 1.54) is 6.07 Å². The lowest BCUT2D eigenvalue weighted by atomic mass is 9.84. The molecule has 0 bridgehead atoms. The summed E-state index contributed by atoms with van der Waals surface area (Å²) < 4.78 is 11.2. The van der Waals surface area contributed by atoms with Crippen LogP contribution >= 0.6 is 11.6 Å². The maximum absolute atomic E-state index is 12.5. The van der Waals surface area contributed by atoms with Crippen molar-refractivity contribution < 1.29 is 14.3 Å². The summed E-state index contributed by atoms with van der Waals surface area (Å²) in [6.07, 6.45) is 3.03. The number of aromatic nitrogens is 3. The van der Waals surface area contributed by atoms with Crippen molar-refractivity contribution in [3.8, 4) is 28.5 Å². The van der Waals surface area contributed by atoms with E-state index in [9.17, 15) is 9.59 Å². The Hall–Kier alpha value is -3.23. The second kappa shape index (κ2) is 9.79. The summed E-state index contributed by atoms with van der Waals surface area (Å²) in [5.74, 6) is 0.436. The Balaban J connectivity index is 1.58. The molecule has 8 nitrogen and oxygen atoms in total. The molecule has 0 unspecified atom stereocenters. The topological polar surface area (TPSA) is 120 Å². The maximum atomic E-state index is 12.5. The van der Waals surface area contributed by atoms with Gasteiger partial charge in [-0.1, -0.05) is 38.4 Å². The highest BCUT2D eigenvalue weighted by Gasteiger charge is 2.37. The first-order valence-corrected chi connectivity index (χ1v) is 11.9. The van der Waals surface area contributed by atoms with Gasteiger partial charge in [0.1, 0.15) is 5.82 Å². The van der Waals surface area contributed by atoms with Crippen LogP contribution < -0.4 is 16.0 Å². The zero-order valence-corrected chi connectivity index (χ0v) is 20.8. The first-order chi connectivity index (χ1) is 16.6. The van der Waals surface area contributed by atoms with Crippen LogP contribution in [0.25, 0.3) is 22.6 Å². The minimum absolute atomic E-state index is 0.0595. The van der Waals surface area contributed by atoms with Gasteiger partial charge in [0.2, 0.25) is 11.8 Å². The Morgan fingerprint density at radius 2 is 2.03 bits per heavy atom. The van der Waals surface area contributed by atoms with Crippen molar-refractivity contribution in [1.29, 1.82) is 0 Å². The van der Waals surface area contributed by atoms with Crippen LogP contribution in [0.5, 0.6) is 5.88 Å². The monoisotopic (exact) mass is 496 g/mol. The van der Waals surface area contributed by atoms with Gasteiger partial charge in [-0.3, -0.25) is 9.59 Å². The highest BCUT2D eigenvalue weighted by molar-refractivity contribution is 6.33. The molecule has 3 N–H and O–H groups in total. The summed E-state index contributed by atoms with van der Waals surface area (Å²) in [4.78, 5) is 36.0. The number of hydrogen-bond donors (Lipinski definition) is 2. The Labute approximate surface area is 208 Å². The van der Waals surface area contributed by atoms with E-state index in [0.29, 0.717) is 59.8 Å². The van der Waals surface area contributed by atoms with Crippen molar-refractivity contribution in [3.63, 3.8) is 0 Å². The number of halogens is 1. The summed E-state index contributed by atoms with van der Waals surface area (Å²) in [5, 5.41) is 0.428. The van der Waals surface area contributed by atoms with Crippen LogP contribution in [0.15, 0.2) is 47.4 Å². The Morgan fingerprint density at radius 1 is 1.26 bits per heavy atom. The van der Waals surface area contributed by atoms with Gasteiger partial charge in [0, 0.05) is 34.9 Å². The Morgan fingerprint density at radius 3 is 2.63 bits per heavy atom. The number of benzene rings is 1. The van der Waals surface area contributed by atoms with Gasteiger partial charge in [0.15, 0.2) is 0 Å². The molecule has 0 atom stereocenters. The molecule has 1 aliphatic heterocycles. The first kappa shape index (κ1) is 24.9. The third kappa shape index (κ3) is 5.55. The number of carbonyl (C=O) groups is 1. The van der Waals surface area contributed by atoms with Gasteiger partial charge in [-0.25, -0.2) is 9.97 Å². The predicted octanol–water partition coefficient (Wildman–Crippen LogP) is 4.01. The summed E-state index contributed by atoms with van der Waals surface area (Å²) in [6.45, 7) is 7.64. The number of nitrogens with two attached hydrogens (primary N) is 1. The number of carbonyl (C=O) groups excluding carboxylic acids is 1. The van der Waals surface area contributed by atoms with E-state index in [1.54, 1.807) is 32.2 Å². The Kier molecular flexibility index (Phi) is 6.96. The SMILES string of the molecule is CCC1(COc2ccc(-c3cc(=O)[nH]c(-c4cc(CC(C)(C)C(N)=O)ccc4Cl)n3)cn2)COC1. The van der Waals surface area contributed by atoms with Crippen molar-refractivity contribution in [1.82, 2.24) is 15.0 Å². The molecule has 3 heterocycles. The van der Waals surface area contributed by atoms with E-state index < -0.39 is 11.3 Å². The molecular formula is C26H29ClN4O4. The zero-order chi connectivity index (χ0) is 25.2. The van der Waals surface area contributed by atoms with Gasteiger partial charge in [-0.2, -0.15) is 0 Å². The van der Waals surface area contributed by atoms with E-state index >= 15 is 0 Å². The molecule has 0 radical (unpaired) electrons. The van der Waals surface area contributed by atoms with E-state index in [1.807, 2.05) is 18.2 Å². The standard InChI is InChI=1S/C26H29ClN4O4/c1-4-26(13-34-14-26)15-35-22-8-6-17(12-29-22)20-10-21(32)31-23(30-20)18-9-16(5-7-19(18)27)11-25(2,3)24(28)33/h5-10,12H,4,11,13-15H2,1-3H3,(H2,28,33)(H,30,31,32). The molecular weight excluding hydrogens is 468 g/mol. The van der Waals surface area contributed by atoms with E-state index in [0.717, 1.165) is 12.0 Å². The summed E-state index contributed by atoms with van der Waals surface area (Å²) in [7, 11) is 0. The van der Waals surface area contributed by atoms with Crippen LogP contribution in [-0.4, -0.2) is 40.7 Å². The second-order valence-corrected chi connectivity index (χ2v) is 10.1. The highest BCUT2D eigenvalue weighted by atomic mass is 35.5. The van der Waals surface area contributed by atoms with E-state index in [2.05, 4.69) is 21.9 Å². The molecule has 4 rings (SSSR count). The van der Waals surface area contributed by atoms with Gasteiger partial charge < -0.3 is 20.2 Å². The maximum Gasteiger partial charge on any atom is 0.251 e. The average Bonchev–Trinajstić information content (AvgIpc) is 2.79. The molecule has 3 aromatic rings. The van der Waals surface area contributed by atoms with Crippen molar-refractivity contribution in [2.45, 2.75) is 33.6 Å². The minimum Gasteiger partial charge on any atom is -0.477 e. The molecule has 35 heavy (non-hydrogen) atoms. The molecule has 0 aliphatic carbocycles. The lowest BCUT2D eigenvalue weighted by molar-refractivity contribution is -0.133. The molecule has 1 fully saturated rings. The number of H-pyrrole nitrogens is 1. The van der Waals surface area contributed by atoms with Crippen LogP contribution in [-0.2, 0) is 16.0 Å². The van der Waals surface area contributed by atoms with Crippen LogP contribution in [0, 0.1) is 10.8 Å². The number of aromatic amines is 1. The van der Waals surface area contributed by atoms with Crippen LogP contribution in [0.4, 0.5) is 0 Å². The van der Waals surface area contributed by atoms with Gasteiger partial charge in [-0.15, -0.1) is 0 Å². The lowest BCUT2D eigenvalue weighted by Gasteiger charge is -2.40. The number of nitrogens with zero attached hydrogens (tertiary/aromatic N) is 2. The summed E-state index contributed by atoms with van der Waals surface area (Å²) in [5.41, 5.74) is 7.07. The van der Waals surface area contributed by atoms with Crippen LogP contribution in [0.2, 0.25) is 5.02 Å². The molecule has 0 spiro atoms. The van der Waals surface area contributed by atoms with E-state index in [-0.39, 0.29) is 11.0 Å². The molecule has 9 heteroatoms. The smallest absolute Gasteiger partial charge is 0.251 e. The number of ether oxygens (including phenoxy) is 2. The largest absolute Gasteiger partial charge is 0.477 e. The Bertz CT molecular complexity index is 1280. The highest BCUT2D eigenvalue weighted by Crippen LogP contribution is 2.32. The number of nitrogens with one attached hydrogen (secondary N) is 1.